The number of hydrogen-bond acceptors (Lipinski definition) is 9. The summed E-state index contributed by atoms with van der Waals surface area (Å²) in [6.45, 7) is 9.54. The quantitative estimate of drug-likeness (QED) is 0.189. The molecule has 1 aliphatic heterocycles. The first-order valence-corrected chi connectivity index (χ1v) is 21.5. The molecule has 1 aromatic heterocycles. The molecule has 57 heavy (non-hydrogen) atoms. The Labute approximate surface area is 334 Å². The number of amides is 4. The molecule has 3 aliphatic carbocycles. The molecule has 3 N–H and O–H groups in total. The van der Waals surface area contributed by atoms with Crippen molar-refractivity contribution in [3.63, 3.8) is 0 Å². The van der Waals surface area contributed by atoms with Crippen LogP contribution >= 0.6 is 0 Å². The van der Waals surface area contributed by atoms with E-state index in [9.17, 15) is 27.6 Å². The fraction of sp³-hybridized carbons (Fsp3) is 0.512. The van der Waals surface area contributed by atoms with Gasteiger partial charge in [0.1, 0.15) is 29.2 Å². The van der Waals surface area contributed by atoms with Crippen LogP contribution in [0.25, 0.3) is 22.2 Å². The lowest BCUT2D eigenvalue weighted by Crippen LogP contribution is -2.57. The predicted octanol–water partition coefficient (Wildman–Crippen LogP) is 5.04. The Kier molecular flexibility index (Phi) is 11.1. The van der Waals surface area contributed by atoms with E-state index in [1.54, 1.807) is 7.11 Å². The number of sulfonamides is 1. The molecule has 13 nitrogen and oxygen atoms in total. The second kappa shape index (κ2) is 15.8. The fourth-order valence-corrected chi connectivity index (χ4v) is 9.60. The lowest BCUT2D eigenvalue weighted by atomic mass is 9.77. The first kappa shape index (κ1) is 40.2. The van der Waals surface area contributed by atoms with Gasteiger partial charge in [-0.2, -0.15) is 0 Å². The summed E-state index contributed by atoms with van der Waals surface area (Å²) >= 11 is 0. The molecule has 3 saturated carbocycles. The summed E-state index contributed by atoms with van der Waals surface area (Å²) in [5.74, 6) is -2.20. The summed E-state index contributed by atoms with van der Waals surface area (Å²) in [5, 5.41) is 6.04. The van der Waals surface area contributed by atoms with Gasteiger partial charge in [0.05, 0.1) is 36.0 Å². The van der Waals surface area contributed by atoms with Gasteiger partial charge in [-0.1, -0.05) is 70.0 Å². The van der Waals surface area contributed by atoms with Crippen LogP contribution in [0.15, 0.2) is 67.3 Å². The van der Waals surface area contributed by atoms with Gasteiger partial charge in [-0.3, -0.25) is 23.9 Å². The van der Waals surface area contributed by atoms with Gasteiger partial charge < -0.3 is 25.0 Å². The van der Waals surface area contributed by atoms with Crippen LogP contribution in [-0.4, -0.2) is 84.6 Å². The summed E-state index contributed by atoms with van der Waals surface area (Å²) in [6, 6.07) is 16.0. The van der Waals surface area contributed by atoms with Gasteiger partial charge in [-0.25, -0.2) is 13.4 Å². The van der Waals surface area contributed by atoms with Gasteiger partial charge in [0.25, 0.3) is 5.91 Å². The third-order valence-electron chi connectivity index (χ3n) is 11.9. The van der Waals surface area contributed by atoms with Crippen LogP contribution in [0.4, 0.5) is 0 Å². The average Bonchev–Trinajstić information content (AvgIpc) is 4.06. The lowest BCUT2D eigenvalue weighted by molar-refractivity contribution is -0.147. The molecule has 4 aliphatic rings. The number of nitrogens with zero attached hydrogens (tertiary/aromatic N) is 2. The highest BCUT2D eigenvalue weighted by atomic mass is 32.2. The Bertz CT molecular complexity index is 2160. The smallest absolute Gasteiger partial charge is 0.259 e. The number of nitrogens with one attached hydrogen (secondary N) is 3. The molecule has 14 heteroatoms. The Morgan fingerprint density at radius 3 is 2.39 bits per heavy atom. The molecule has 5 atom stereocenters. The number of ether oxygens (including phenoxy) is 2. The molecule has 0 bridgehead atoms. The summed E-state index contributed by atoms with van der Waals surface area (Å²) in [7, 11) is -2.32. The van der Waals surface area contributed by atoms with Crippen LogP contribution in [0, 0.1) is 17.3 Å². The molecular weight excluding hydrogens is 747 g/mol. The van der Waals surface area contributed by atoms with Crippen LogP contribution in [0.3, 0.4) is 0 Å². The highest BCUT2D eigenvalue weighted by Gasteiger charge is 2.62. The molecule has 0 spiro atoms. The van der Waals surface area contributed by atoms with E-state index in [0.717, 1.165) is 31.2 Å². The van der Waals surface area contributed by atoms with Gasteiger partial charge in [-0.15, -0.1) is 6.58 Å². The number of aromatic nitrogens is 1. The van der Waals surface area contributed by atoms with E-state index in [0.29, 0.717) is 40.9 Å². The van der Waals surface area contributed by atoms with E-state index in [1.165, 1.54) is 11.0 Å². The maximum atomic E-state index is 14.8. The standard InChI is InChI=1S/C43H53N5O8S/c1-6-27-24-43(27,41(52)47-57(53,54)31-17-18-31)46-39(50)36-21-30(25-48(36)40(51)33(42(2,3)4)22-38(49)44-28-14-10-11-15-28)56-37-23-34(26-12-8-7-9-13-26)45-35-20-29(55-5)16-19-32(35)37/h6-9,12-13,16,19-20,23,27-28,30-31,33,36H,1,10-11,14-15,17-18,21-22,24-25H2,2-5H3,(H,44,49)(H,46,50)(H,47,52)/t27-,30-,33-,36+,43-/m1/s1. The minimum absolute atomic E-state index is 0.0223. The van der Waals surface area contributed by atoms with Gasteiger partial charge in [-0.05, 0) is 49.7 Å². The molecule has 7 rings (SSSR count). The van der Waals surface area contributed by atoms with E-state index < -0.39 is 62.0 Å². The average molecular weight is 800 g/mol. The Hall–Kier alpha value is -4.98. The van der Waals surface area contributed by atoms with Crippen LogP contribution in [0.2, 0.25) is 0 Å². The van der Waals surface area contributed by atoms with Crippen LogP contribution in [-0.2, 0) is 29.2 Å². The number of fused-ring (bicyclic) bond motifs is 1. The Morgan fingerprint density at radius 2 is 1.75 bits per heavy atom. The SMILES string of the molecule is C=C[C@@H]1C[C@]1(NC(=O)[C@@H]1C[C@@H](Oc2cc(-c3ccccc3)nc3cc(OC)ccc23)CN1C(=O)[C@@H](CC(=O)NC1CCCC1)C(C)(C)C)C(=O)NS(=O)(=O)C1CC1. The summed E-state index contributed by atoms with van der Waals surface area (Å²) in [4.78, 5) is 62.7. The van der Waals surface area contributed by atoms with Crippen molar-refractivity contribution in [2.45, 2.75) is 108 Å². The number of benzene rings is 2. The van der Waals surface area contributed by atoms with E-state index in [2.05, 4.69) is 21.9 Å². The zero-order valence-corrected chi connectivity index (χ0v) is 33.9. The van der Waals surface area contributed by atoms with Crippen molar-refractivity contribution in [3.05, 3.63) is 67.3 Å². The van der Waals surface area contributed by atoms with Crippen LogP contribution in [0.1, 0.15) is 78.6 Å². The number of carbonyl (C=O) groups excluding carboxylic acids is 4. The Balaban J connectivity index is 1.20. The van der Waals surface area contributed by atoms with Gasteiger partial charge in [0.2, 0.25) is 27.7 Å². The van der Waals surface area contributed by atoms with Gasteiger partial charge in [0.15, 0.2) is 0 Å². The summed E-state index contributed by atoms with van der Waals surface area (Å²) < 4.78 is 40.0. The van der Waals surface area contributed by atoms with E-state index in [4.69, 9.17) is 14.5 Å². The molecule has 1 saturated heterocycles. The number of hydrogen-bond donors (Lipinski definition) is 3. The van der Waals surface area contributed by atoms with Crippen molar-refractivity contribution in [2.75, 3.05) is 13.7 Å². The van der Waals surface area contributed by atoms with Crippen LogP contribution in [0.5, 0.6) is 11.5 Å². The molecule has 0 radical (unpaired) electrons. The Morgan fingerprint density at radius 1 is 1.04 bits per heavy atom. The number of carbonyl (C=O) groups is 4. The molecule has 2 aromatic carbocycles. The van der Waals surface area contributed by atoms with Crippen molar-refractivity contribution in [2.24, 2.45) is 17.3 Å². The zero-order chi connectivity index (χ0) is 40.7. The fourth-order valence-electron chi connectivity index (χ4n) is 8.24. The third kappa shape index (κ3) is 8.65. The molecule has 0 unspecified atom stereocenters. The monoisotopic (exact) mass is 799 g/mol. The second-order valence-corrected chi connectivity index (χ2v) is 19.1. The minimum atomic E-state index is -3.90. The number of pyridine rings is 1. The topological polar surface area (TPSA) is 173 Å². The van der Waals surface area contributed by atoms with Gasteiger partial charge >= 0.3 is 0 Å². The van der Waals surface area contributed by atoms with Crippen molar-refractivity contribution in [1.29, 1.82) is 0 Å². The normalized spacial score (nSPS) is 24.1. The second-order valence-electron chi connectivity index (χ2n) is 17.1. The molecular formula is C43H53N5O8S. The van der Waals surface area contributed by atoms with Crippen molar-refractivity contribution in [3.8, 4) is 22.8 Å². The van der Waals surface area contributed by atoms with Crippen molar-refractivity contribution < 1.29 is 37.1 Å². The highest BCUT2D eigenvalue weighted by molar-refractivity contribution is 7.91. The van der Waals surface area contributed by atoms with E-state index in [-0.39, 0.29) is 43.7 Å². The summed E-state index contributed by atoms with van der Waals surface area (Å²) in [5.41, 5.74) is -0.0389. The zero-order valence-electron chi connectivity index (χ0n) is 33.1. The number of rotatable bonds is 14. The van der Waals surface area contributed by atoms with Crippen molar-refractivity contribution in [1.82, 2.24) is 25.2 Å². The summed E-state index contributed by atoms with van der Waals surface area (Å²) in [6.07, 6.45) is 5.85. The first-order valence-electron chi connectivity index (χ1n) is 19.9. The lowest BCUT2D eigenvalue weighted by Gasteiger charge is -2.35. The minimum Gasteiger partial charge on any atom is -0.497 e. The maximum Gasteiger partial charge on any atom is 0.259 e. The number of likely N-dealkylation sites (tertiary alicyclic amines) is 1. The molecule has 3 aromatic rings. The number of methoxy groups -OCH3 is 1. The molecule has 2 heterocycles. The largest absolute Gasteiger partial charge is 0.497 e. The molecule has 4 amide bonds. The van der Waals surface area contributed by atoms with E-state index in [1.807, 2.05) is 75.4 Å². The maximum absolute atomic E-state index is 14.8. The first-order chi connectivity index (χ1) is 27.1. The van der Waals surface area contributed by atoms with E-state index >= 15 is 0 Å². The third-order valence-corrected chi connectivity index (χ3v) is 13.7. The molecule has 304 valence electrons. The van der Waals surface area contributed by atoms with Crippen LogP contribution < -0.4 is 24.8 Å². The van der Waals surface area contributed by atoms with Gasteiger partial charge in [0, 0.05) is 47.9 Å². The highest BCUT2D eigenvalue weighted by Crippen LogP contribution is 2.46. The predicted molar refractivity (Wildman–Crippen MR) is 215 cm³/mol. The van der Waals surface area contributed by atoms with Crippen molar-refractivity contribution >= 4 is 44.6 Å². The molecule has 4 fully saturated rings.